The highest BCUT2D eigenvalue weighted by molar-refractivity contribution is 7.14. The molecule has 0 saturated carbocycles. The molecule has 3 aromatic rings. The number of ether oxygens (including phenoxy) is 1. The number of hydrogen-bond acceptors (Lipinski definition) is 4. The average Bonchev–Trinajstić information content (AvgIpc) is 3.09. The van der Waals surface area contributed by atoms with E-state index < -0.39 is 29.0 Å². The van der Waals surface area contributed by atoms with Crippen molar-refractivity contribution in [2.24, 2.45) is 0 Å². The van der Waals surface area contributed by atoms with Crippen LogP contribution in [0.3, 0.4) is 0 Å². The number of nitrogens with one attached hydrogen (secondary N) is 1. The van der Waals surface area contributed by atoms with Crippen molar-refractivity contribution in [1.29, 1.82) is 0 Å². The molecule has 1 amide bonds. The van der Waals surface area contributed by atoms with Gasteiger partial charge in [0.2, 0.25) is 0 Å². The first-order valence-electron chi connectivity index (χ1n) is 7.56. The van der Waals surface area contributed by atoms with Crippen molar-refractivity contribution in [2.45, 2.75) is 6.18 Å². The van der Waals surface area contributed by atoms with Gasteiger partial charge >= 0.3 is 6.18 Å². The maximum atomic E-state index is 13.8. The molecule has 140 valence electrons. The van der Waals surface area contributed by atoms with Gasteiger partial charge in [-0.3, -0.25) is 10.1 Å². The normalized spacial score (nSPS) is 11.3. The standard InChI is InChI=1S/C18H12F4N2O2S/c1-26-15-7-6-10(8-13(15)19)14-9-27-17(23-14)24-16(25)11-4-2-3-5-12(11)18(20,21)22/h2-9H,1H3,(H,23,24,25). The van der Waals surface area contributed by atoms with Gasteiger partial charge in [0.1, 0.15) is 0 Å². The summed E-state index contributed by atoms with van der Waals surface area (Å²) in [4.78, 5) is 16.4. The fourth-order valence-electron chi connectivity index (χ4n) is 2.38. The molecule has 0 aliphatic carbocycles. The summed E-state index contributed by atoms with van der Waals surface area (Å²) in [6, 6.07) is 8.71. The number of alkyl halides is 3. The van der Waals surface area contributed by atoms with Crippen LogP contribution < -0.4 is 10.1 Å². The van der Waals surface area contributed by atoms with Crippen molar-refractivity contribution in [3.05, 3.63) is 64.8 Å². The summed E-state index contributed by atoms with van der Waals surface area (Å²) in [5.74, 6) is -1.43. The van der Waals surface area contributed by atoms with E-state index in [1.54, 1.807) is 11.4 Å². The predicted octanol–water partition coefficient (Wildman–Crippen LogP) is 5.23. The third kappa shape index (κ3) is 4.08. The molecule has 0 fully saturated rings. The summed E-state index contributed by atoms with van der Waals surface area (Å²) >= 11 is 1.02. The Morgan fingerprint density at radius 1 is 1.19 bits per heavy atom. The zero-order valence-corrected chi connectivity index (χ0v) is 14.6. The maximum Gasteiger partial charge on any atom is 0.417 e. The molecule has 4 nitrogen and oxygen atoms in total. The van der Waals surface area contributed by atoms with E-state index in [1.165, 1.54) is 31.4 Å². The van der Waals surface area contributed by atoms with Crippen molar-refractivity contribution < 1.29 is 27.1 Å². The highest BCUT2D eigenvalue weighted by Crippen LogP contribution is 2.33. The molecule has 1 N–H and O–H groups in total. The fourth-order valence-corrected chi connectivity index (χ4v) is 3.10. The summed E-state index contributed by atoms with van der Waals surface area (Å²) in [7, 11) is 1.34. The van der Waals surface area contributed by atoms with Crippen LogP contribution in [0.2, 0.25) is 0 Å². The topological polar surface area (TPSA) is 51.2 Å². The molecule has 9 heteroatoms. The van der Waals surface area contributed by atoms with Crippen LogP contribution in [0.1, 0.15) is 15.9 Å². The van der Waals surface area contributed by atoms with E-state index in [9.17, 15) is 22.4 Å². The Bertz CT molecular complexity index is 985. The van der Waals surface area contributed by atoms with Crippen molar-refractivity contribution >= 4 is 22.4 Å². The second-order valence-electron chi connectivity index (χ2n) is 5.38. The number of rotatable bonds is 4. The summed E-state index contributed by atoms with van der Waals surface area (Å²) < 4.78 is 57.7. The Hall–Kier alpha value is -2.94. The Morgan fingerprint density at radius 2 is 1.93 bits per heavy atom. The molecule has 2 aromatic carbocycles. The first-order chi connectivity index (χ1) is 12.8. The molecule has 0 bridgehead atoms. The zero-order chi connectivity index (χ0) is 19.6. The Labute approximate surface area is 155 Å². The molecule has 0 saturated heterocycles. The van der Waals surface area contributed by atoms with Gasteiger partial charge in [0.15, 0.2) is 16.7 Å². The van der Waals surface area contributed by atoms with E-state index in [0.717, 1.165) is 23.5 Å². The summed E-state index contributed by atoms with van der Waals surface area (Å²) in [5, 5.41) is 4.01. The lowest BCUT2D eigenvalue weighted by molar-refractivity contribution is -0.137. The third-order valence-electron chi connectivity index (χ3n) is 3.65. The van der Waals surface area contributed by atoms with Gasteiger partial charge < -0.3 is 4.74 Å². The van der Waals surface area contributed by atoms with Crippen molar-refractivity contribution in [2.75, 3.05) is 12.4 Å². The quantitative estimate of drug-likeness (QED) is 0.615. The lowest BCUT2D eigenvalue weighted by atomic mass is 10.1. The van der Waals surface area contributed by atoms with Crippen LogP contribution in [0, 0.1) is 5.82 Å². The zero-order valence-electron chi connectivity index (χ0n) is 13.8. The van der Waals surface area contributed by atoms with Crippen molar-refractivity contribution in [1.82, 2.24) is 4.98 Å². The number of hydrogen-bond donors (Lipinski definition) is 1. The molecular weight excluding hydrogens is 384 g/mol. The molecule has 0 aliphatic heterocycles. The lowest BCUT2D eigenvalue weighted by Crippen LogP contribution is -2.18. The SMILES string of the molecule is COc1ccc(-c2csc(NC(=O)c3ccccc3C(F)(F)F)n2)cc1F. The molecular formula is C18H12F4N2O2S. The lowest BCUT2D eigenvalue weighted by Gasteiger charge is -2.11. The van der Waals surface area contributed by atoms with Crippen LogP contribution in [0.5, 0.6) is 5.75 Å². The summed E-state index contributed by atoms with van der Waals surface area (Å²) in [5.41, 5.74) is -0.713. The Kier molecular flexibility index (Phi) is 5.13. The highest BCUT2D eigenvalue weighted by Gasteiger charge is 2.34. The number of carbonyl (C=O) groups is 1. The minimum Gasteiger partial charge on any atom is -0.494 e. The van der Waals surface area contributed by atoms with Gasteiger partial charge in [-0.2, -0.15) is 13.2 Å². The van der Waals surface area contributed by atoms with Crippen LogP contribution >= 0.6 is 11.3 Å². The van der Waals surface area contributed by atoms with Crippen molar-refractivity contribution in [3.8, 4) is 17.0 Å². The molecule has 0 atom stereocenters. The van der Waals surface area contributed by atoms with Crippen LogP contribution in [0.4, 0.5) is 22.7 Å². The van der Waals surface area contributed by atoms with Crippen LogP contribution in [-0.4, -0.2) is 18.0 Å². The molecule has 0 aliphatic rings. The smallest absolute Gasteiger partial charge is 0.417 e. The molecule has 1 aromatic heterocycles. The monoisotopic (exact) mass is 396 g/mol. The number of carbonyl (C=O) groups excluding carboxylic acids is 1. The third-order valence-corrected chi connectivity index (χ3v) is 4.41. The Morgan fingerprint density at radius 3 is 2.59 bits per heavy atom. The Balaban J connectivity index is 1.83. The van der Waals surface area contributed by atoms with Crippen LogP contribution in [-0.2, 0) is 6.18 Å². The summed E-state index contributed by atoms with van der Waals surface area (Å²) in [6.45, 7) is 0. The second kappa shape index (κ2) is 7.36. The number of halogens is 4. The average molecular weight is 396 g/mol. The number of anilines is 1. The molecule has 0 unspecified atom stereocenters. The molecule has 27 heavy (non-hydrogen) atoms. The number of amides is 1. The highest BCUT2D eigenvalue weighted by atomic mass is 32.1. The second-order valence-corrected chi connectivity index (χ2v) is 6.24. The minimum atomic E-state index is -4.65. The largest absolute Gasteiger partial charge is 0.494 e. The van der Waals surface area contributed by atoms with Crippen LogP contribution in [0.15, 0.2) is 47.8 Å². The molecule has 3 rings (SSSR count). The van der Waals surface area contributed by atoms with E-state index in [4.69, 9.17) is 4.74 Å². The first-order valence-corrected chi connectivity index (χ1v) is 8.44. The molecule has 0 radical (unpaired) electrons. The number of nitrogens with zero attached hydrogens (tertiary/aromatic N) is 1. The first kappa shape index (κ1) is 18.8. The van der Waals surface area contributed by atoms with Gasteiger partial charge in [-0.25, -0.2) is 9.37 Å². The van der Waals surface area contributed by atoms with E-state index in [-0.39, 0.29) is 10.9 Å². The number of benzene rings is 2. The van der Waals surface area contributed by atoms with E-state index in [0.29, 0.717) is 11.3 Å². The number of methoxy groups -OCH3 is 1. The van der Waals surface area contributed by atoms with E-state index in [1.807, 2.05) is 0 Å². The van der Waals surface area contributed by atoms with E-state index in [2.05, 4.69) is 10.3 Å². The van der Waals surface area contributed by atoms with Crippen molar-refractivity contribution in [3.63, 3.8) is 0 Å². The van der Waals surface area contributed by atoms with Gasteiger partial charge in [0, 0.05) is 10.9 Å². The number of aromatic nitrogens is 1. The minimum absolute atomic E-state index is 0.0752. The van der Waals surface area contributed by atoms with Crippen LogP contribution in [0.25, 0.3) is 11.3 Å². The van der Waals surface area contributed by atoms with E-state index >= 15 is 0 Å². The van der Waals surface area contributed by atoms with Gasteiger partial charge in [-0.15, -0.1) is 11.3 Å². The maximum absolute atomic E-state index is 13.8. The van der Waals surface area contributed by atoms with Gasteiger partial charge in [0.05, 0.1) is 23.9 Å². The van der Waals surface area contributed by atoms with Gasteiger partial charge in [-0.1, -0.05) is 12.1 Å². The predicted molar refractivity (Wildman–Crippen MR) is 93.5 cm³/mol. The van der Waals surface area contributed by atoms with Gasteiger partial charge in [-0.05, 0) is 30.3 Å². The number of thiazole rings is 1. The molecule has 0 spiro atoms. The fraction of sp³-hybridized carbons (Fsp3) is 0.111. The van der Waals surface area contributed by atoms with Gasteiger partial charge in [0.25, 0.3) is 5.91 Å². The summed E-state index contributed by atoms with van der Waals surface area (Å²) in [6.07, 6.45) is -4.65. The molecule has 1 heterocycles.